The van der Waals surface area contributed by atoms with Crippen molar-refractivity contribution in [2.75, 3.05) is 6.54 Å². The van der Waals surface area contributed by atoms with Crippen molar-refractivity contribution in [2.45, 2.75) is 13.0 Å². The number of thiophene rings is 1. The van der Waals surface area contributed by atoms with E-state index in [1.165, 1.54) is 17.4 Å². The Morgan fingerprint density at radius 1 is 1.32 bits per heavy atom. The standard InChI is InChI=1S/C13H11BrClF2NS/c1-2-18-12(11-6-8(14)13(15)19-11)7-3-4-9(16)10(17)5-7/h3-6,12,18H,2H2,1H3. The third-order valence-electron chi connectivity index (χ3n) is 2.63. The van der Waals surface area contributed by atoms with Gasteiger partial charge in [-0.05, 0) is 46.2 Å². The van der Waals surface area contributed by atoms with Crippen LogP contribution in [0.25, 0.3) is 0 Å². The van der Waals surface area contributed by atoms with Crippen LogP contribution < -0.4 is 5.32 Å². The number of hydrogen-bond donors (Lipinski definition) is 1. The highest BCUT2D eigenvalue weighted by Crippen LogP contribution is 2.37. The Hall–Kier alpha value is -0.490. The van der Waals surface area contributed by atoms with Gasteiger partial charge >= 0.3 is 0 Å². The zero-order valence-corrected chi connectivity index (χ0v) is 13.2. The first-order valence-corrected chi connectivity index (χ1v) is 7.64. The molecule has 0 amide bonds. The molecule has 1 unspecified atom stereocenters. The number of nitrogens with one attached hydrogen (secondary N) is 1. The molecule has 0 bridgehead atoms. The van der Waals surface area contributed by atoms with E-state index in [2.05, 4.69) is 21.2 Å². The van der Waals surface area contributed by atoms with Gasteiger partial charge in [-0.15, -0.1) is 11.3 Å². The molecule has 0 saturated heterocycles. The Morgan fingerprint density at radius 2 is 2.05 bits per heavy atom. The predicted octanol–water partition coefficient (Wildman–Crippen LogP) is 5.14. The van der Waals surface area contributed by atoms with Crippen molar-refractivity contribution in [1.82, 2.24) is 5.32 Å². The van der Waals surface area contributed by atoms with Crippen molar-refractivity contribution in [3.05, 3.63) is 55.1 Å². The second-order valence-electron chi connectivity index (χ2n) is 3.93. The van der Waals surface area contributed by atoms with E-state index in [-0.39, 0.29) is 6.04 Å². The molecule has 0 aliphatic rings. The Morgan fingerprint density at radius 3 is 2.58 bits per heavy atom. The monoisotopic (exact) mass is 365 g/mol. The average molecular weight is 367 g/mol. The molecule has 2 rings (SSSR count). The molecule has 1 heterocycles. The van der Waals surface area contributed by atoms with E-state index in [1.54, 1.807) is 6.07 Å². The molecule has 1 atom stereocenters. The summed E-state index contributed by atoms with van der Waals surface area (Å²) in [5.74, 6) is -1.69. The summed E-state index contributed by atoms with van der Waals surface area (Å²) in [5, 5.41) is 3.24. The lowest BCUT2D eigenvalue weighted by Crippen LogP contribution is -2.21. The fourth-order valence-corrected chi connectivity index (χ4v) is 3.62. The van der Waals surface area contributed by atoms with Crippen LogP contribution in [0.4, 0.5) is 8.78 Å². The van der Waals surface area contributed by atoms with E-state index >= 15 is 0 Å². The third kappa shape index (κ3) is 3.34. The van der Waals surface area contributed by atoms with Crippen molar-refractivity contribution in [1.29, 1.82) is 0 Å². The zero-order valence-electron chi connectivity index (χ0n) is 10.0. The molecular formula is C13H11BrClF2NS. The molecular weight excluding hydrogens is 356 g/mol. The number of rotatable bonds is 4. The lowest BCUT2D eigenvalue weighted by Gasteiger charge is -2.17. The highest BCUT2D eigenvalue weighted by Gasteiger charge is 2.18. The van der Waals surface area contributed by atoms with Gasteiger partial charge in [-0.2, -0.15) is 0 Å². The SMILES string of the molecule is CCNC(c1ccc(F)c(F)c1)c1cc(Br)c(Cl)s1. The van der Waals surface area contributed by atoms with Gasteiger partial charge < -0.3 is 5.32 Å². The molecule has 1 aromatic heterocycles. The minimum absolute atomic E-state index is 0.200. The Bertz CT molecular complexity index is 569. The van der Waals surface area contributed by atoms with Crippen molar-refractivity contribution < 1.29 is 8.78 Å². The molecule has 0 radical (unpaired) electrons. The van der Waals surface area contributed by atoms with Crippen molar-refractivity contribution >= 4 is 38.9 Å². The zero-order chi connectivity index (χ0) is 14.0. The summed E-state index contributed by atoms with van der Waals surface area (Å²) in [4.78, 5) is 0.949. The Kier molecular flexibility index (Phi) is 4.95. The summed E-state index contributed by atoms with van der Waals surface area (Å²) < 4.78 is 27.8. The molecule has 0 saturated carbocycles. The van der Waals surface area contributed by atoms with Gasteiger partial charge in [0.25, 0.3) is 0 Å². The molecule has 6 heteroatoms. The summed E-state index contributed by atoms with van der Waals surface area (Å²) in [6, 6.07) is 5.62. The maximum Gasteiger partial charge on any atom is 0.159 e. The van der Waals surface area contributed by atoms with Crippen LogP contribution in [0.3, 0.4) is 0 Å². The molecule has 0 fully saturated rings. The largest absolute Gasteiger partial charge is 0.306 e. The van der Waals surface area contributed by atoms with E-state index in [0.29, 0.717) is 16.4 Å². The highest BCUT2D eigenvalue weighted by atomic mass is 79.9. The maximum absolute atomic E-state index is 13.3. The second kappa shape index (κ2) is 6.31. The van der Waals surface area contributed by atoms with Gasteiger partial charge in [0.05, 0.1) is 6.04 Å². The van der Waals surface area contributed by atoms with Gasteiger partial charge in [-0.3, -0.25) is 0 Å². The van der Waals surface area contributed by atoms with Crippen molar-refractivity contribution in [2.24, 2.45) is 0 Å². The quantitative estimate of drug-likeness (QED) is 0.790. The molecule has 102 valence electrons. The Balaban J connectivity index is 2.41. The van der Waals surface area contributed by atoms with E-state index in [0.717, 1.165) is 15.4 Å². The van der Waals surface area contributed by atoms with Crippen LogP contribution in [0, 0.1) is 11.6 Å². The van der Waals surface area contributed by atoms with Crippen LogP contribution in [0.1, 0.15) is 23.4 Å². The molecule has 0 spiro atoms. The van der Waals surface area contributed by atoms with Crippen LogP contribution in [-0.2, 0) is 0 Å². The normalized spacial score (nSPS) is 12.7. The number of halogens is 4. The smallest absolute Gasteiger partial charge is 0.159 e. The van der Waals surface area contributed by atoms with Gasteiger partial charge in [-0.25, -0.2) is 8.78 Å². The van der Waals surface area contributed by atoms with E-state index in [9.17, 15) is 8.78 Å². The number of benzene rings is 1. The first kappa shape index (κ1) is 14.9. The second-order valence-corrected chi connectivity index (χ2v) is 6.47. The molecule has 1 nitrogen and oxygen atoms in total. The molecule has 19 heavy (non-hydrogen) atoms. The van der Waals surface area contributed by atoms with E-state index in [4.69, 9.17) is 11.6 Å². The van der Waals surface area contributed by atoms with Crippen LogP contribution in [0.2, 0.25) is 4.34 Å². The lowest BCUT2D eigenvalue weighted by molar-refractivity contribution is 0.504. The summed E-state index contributed by atoms with van der Waals surface area (Å²) in [6.07, 6.45) is 0. The predicted molar refractivity (Wildman–Crippen MR) is 78.9 cm³/mol. The van der Waals surface area contributed by atoms with Gasteiger partial charge in [0.15, 0.2) is 11.6 Å². The summed E-state index contributed by atoms with van der Waals surface area (Å²) in [6.45, 7) is 2.66. The van der Waals surface area contributed by atoms with Crippen molar-refractivity contribution in [3.63, 3.8) is 0 Å². The summed E-state index contributed by atoms with van der Waals surface area (Å²) >= 11 is 10.8. The minimum Gasteiger partial charge on any atom is -0.306 e. The van der Waals surface area contributed by atoms with Crippen molar-refractivity contribution in [3.8, 4) is 0 Å². The van der Waals surface area contributed by atoms with Gasteiger partial charge in [0.1, 0.15) is 4.34 Å². The van der Waals surface area contributed by atoms with Gasteiger partial charge in [0.2, 0.25) is 0 Å². The summed E-state index contributed by atoms with van der Waals surface area (Å²) in [7, 11) is 0. The van der Waals surface area contributed by atoms with E-state index < -0.39 is 11.6 Å². The average Bonchev–Trinajstić information content (AvgIpc) is 2.70. The molecule has 1 N–H and O–H groups in total. The fourth-order valence-electron chi connectivity index (χ4n) is 1.78. The fraction of sp³-hybridized carbons (Fsp3) is 0.231. The van der Waals surface area contributed by atoms with Gasteiger partial charge in [0, 0.05) is 9.35 Å². The van der Waals surface area contributed by atoms with Crippen LogP contribution >= 0.6 is 38.9 Å². The maximum atomic E-state index is 13.3. The first-order valence-electron chi connectivity index (χ1n) is 5.66. The molecule has 2 aromatic rings. The Labute approximate surface area is 127 Å². The first-order chi connectivity index (χ1) is 9.02. The van der Waals surface area contributed by atoms with Crippen LogP contribution in [0.5, 0.6) is 0 Å². The van der Waals surface area contributed by atoms with E-state index in [1.807, 2.05) is 13.0 Å². The highest BCUT2D eigenvalue weighted by molar-refractivity contribution is 9.10. The molecule has 0 aliphatic carbocycles. The topological polar surface area (TPSA) is 12.0 Å². The van der Waals surface area contributed by atoms with Crippen LogP contribution in [-0.4, -0.2) is 6.54 Å². The molecule has 1 aromatic carbocycles. The molecule has 0 aliphatic heterocycles. The number of hydrogen-bond acceptors (Lipinski definition) is 2. The lowest BCUT2D eigenvalue weighted by atomic mass is 10.1. The van der Waals surface area contributed by atoms with Gasteiger partial charge in [-0.1, -0.05) is 24.6 Å². The third-order valence-corrected chi connectivity index (χ3v) is 5.17. The van der Waals surface area contributed by atoms with Crippen LogP contribution in [0.15, 0.2) is 28.7 Å². The minimum atomic E-state index is -0.845. The summed E-state index contributed by atoms with van der Waals surface area (Å²) in [5.41, 5.74) is 0.672.